The van der Waals surface area contributed by atoms with Crippen LogP contribution < -0.4 is 5.32 Å². The Bertz CT molecular complexity index is 672. The molecule has 1 aromatic heterocycles. The van der Waals surface area contributed by atoms with E-state index < -0.39 is 12.1 Å². The molecule has 0 aliphatic carbocycles. The minimum absolute atomic E-state index is 0.111. The summed E-state index contributed by atoms with van der Waals surface area (Å²) >= 11 is 1.13. The zero-order chi connectivity index (χ0) is 17.4. The summed E-state index contributed by atoms with van der Waals surface area (Å²) < 4.78 is 5.14. The molecule has 1 amide bonds. The van der Waals surface area contributed by atoms with Gasteiger partial charge >= 0.3 is 12.1 Å². The van der Waals surface area contributed by atoms with Crippen molar-refractivity contribution in [1.29, 1.82) is 0 Å². The van der Waals surface area contributed by atoms with Crippen molar-refractivity contribution in [3.63, 3.8) is 0 Å². The number of nitrogens with one attached hydrogen (secondary N) is 1. The van der Waals surface area contributed by atoms with Gasteiger partial charge in [-0.05, 0) is 24.3 Å². The summed E-state index contributed by atoms with van der Waals surface area (Å²) in [7, 11) is 0. The summed E-state index contributed by atoms with van der Waals surface area (Å²) in [5.41, 5.74) is 1.72. The number of amides is 1. The van der Waals surface area contributed by atoms with Crippen LogP contribution >= 0.6 is 11.3 Å². The van der Waals surface area contributed by atoms with Gasteiger partial charge in [0.25, 0.3) is 0 Å². The van der Waals surface area contributed by atoms with Gasteiger partial charge in [-0.25, -0.2) is 14.6 Å². The van der Waals surface area contributed by atoms with Crippen LogP contribution in [0.1, 0.15) is 34.4 Å². The van der Waals surface area contributed by atoms with Gasteiger partial charge in [0.1, 0.15) is 6.61 Å². The Labute approximate surface area is 144 Å². The molecule has 0 aliphatic rings. The molecule has 1 atom stereocenters. The number of carboxylic acid groups (broad SMARTS) is 1. The summed E-state index contributed by atoms with van der Waals surface area (Å²) in [5, 5.41) is 13.5. The molecule has 0 radical (unpaired) electrons. The second-order valence-corrected chi connectivity index (χ2v) is 6.39. The van der Waals surface area contributed by atoms with Crippen molar-refractivity contribution in [3.05, 3.63) is 52.0 Å². The summed E-state index contributed by atoms with van der Waals surface area (Å²) in [6.45, 7) is 2.77. The molecule has 7 heteroatoms. The number of benzene rings is 1. The van der Waals surface area contributed by atoms with Crippen LogP contribution in [0.5, 0.6) is 0 Å². The van der Waals surface area contributed by atoms with Crippen LogP contribution in [0, 0.1) is 5.92 Å². The molecule has 0 bridgehead atoms. The number of carboxylic acids is 1. The third-order valence-corrected chi connectivity index (χ3v) is 4.31. The lowest BCUT2D eigenvalue weighted by Gasteiger charge is -2.12. The normalized spacial score (nSPS) is 11.7. The topological polar surface area (TPSA) is 88.5 Å². The number of aromatic carboxylic acids is 1. The highest BCUT2D eigenvalue weighted by Crippen LogP contribution is 2.13. The van der Waals surface area contributed by atoms with Crippen LogP contribution in [0.4, 0.5) is 4.79 Å². The molecule has 128 valence electrons. The number of rotatable bonds is 8. The maximum Gasteiger partial charge on any atom is 0.407 e. The van der Waals surface area contributed by atoms with Gasteiger partial charge in [0.05, 0.1) is 5.69 Å². The molecule has 0 spiro atoms. The third-order valence-electron chi connectivity index (χ3n) is 3.44. The fraction of sp³-hybridized carbons (Fsp3) is 0.353. The van der Waals surface area contributed by atoms with Crippen LogP contribution in [0.25, 0.3) is 0 Å². The van der Waals surface area contributed by atoms with E-state index in [0.717, 1.165) is 29.0 Å². The fourth-order valence-electron chi connectivity index (χ4n) is 2.05. The molecule has 1 heterocycles. The molecule has 0 aliphatic heterocycles. The molecule has 2 N–H and O–H groups in total. The van der Waals surface area contributed by atoms with Crippen molar-refractivity contribution in [2.24, 2.45) is 5.92 Å². The maximum atomic E-state index is 11.7. The Morgan fingerprint density at radius 1 is 1.33 bits per heavy atom. The van der Waals surface area contributed by atoms with Crippen molar-refractivity contribution >= 4 is 23.4 Å². The highest BCUT2D eigenvalue weighted by Gasteiger charge is 2.11. The molecule has 2 rings (SSSR count). The largest absolute Gasteiger partial charge is 0.476 e. The van der Waals surface area contributed by atoms with Crippen LogP contribution in [0.3, 0.4) is 0 Å². The number of nitrogens with zero attached hydrogens (tertiary/aromatic N) is 1. The van der Waals surface area contributed by atoms with E-state index in [0.29, 0.717) is 13.0 Å². The number of carbonyl (C=O) groups is 2. The smallest absolute Gasteiger partial charge is 0.407 e. The highest BCUT2D eigenvalue weighted by atomic mass is 32.1. The first kappa shape index (κ1) is 17.9. The van der Waals surface area contributed by atoms with E-state index in [4.69, 9.17) is 9.84 Å². The minimum atomic E-state index is -0.998. The van der Waals surface area contributed by atoms with E-state index in [9.17, 15) is 9.59 Å². The molecule has 0 fully saturated rings. The van der Waals surface area contributed by atoms with Crippen LogP contribution in [-0.2, 0) is 17.8 Å². The van der Waals surface area contributed by atoms with Crippen molar-refractivity contribution in [1.82, 2.24) is 10.3 Å². The van der Waals surface area contributed by atoms with Gasteiger partial charge in [0, 0.05) is 11.9 Å². The third kappa shape index (κ3) is 6.00. The van der Waals surface area contributed by atoms with Gasteiger partial charge in [-0.2, -0.15) is 0 Å². The molecule has 6 nitrogen and oxygen atoms in total. The Balaban J connectivity index is 1.64. The molecule has 0 saturated carbocycles. The van der Waals surface area contributed by atoms with Crippen LogP contribution in [0.15, 0.2) is 35.7 Å². The second kappa shape index (κ2) is 9.02. The number of aromatic nitrogens is 1. The van der Waals surface area contributed by atoms with Gasteiger partial charge in [-0.3, -0.25) is 0 Å². The van der Waals surface area contributed by atoms with Gasteiger partial charge in [-0.1, -0.05) is 37.3 Å². The van der Waals surface area contributed by atoms with E-state index in [-0.39, 0.29) is 17.5 Å². The number of thiazole rings is 1. The highest BCUT2D eigenvalue weighted by molar-refractivity contribution is 7.11. The van der Waals surface area contributed by atoms with Crippen LogP contribution in [0.2, 0.25) is 0 Å². The first-order valence-electron chi connectivity index (χ1n) is 7.67. The van der Waals surface area contributed by atoms with E-state index in [2.05, 4.69) is 10.3 Å². The van der Waals surface area contributed by atoms with E-state index in [1.807, 2.05) is 37.3 Å². The SMILES string of the molecule is CC(CCc1csc(C(=O)O)n1)CNC(=O)OCc1ccccc1. The summed E-state index contributed by atoms with van der Waals surface area (Å²) in [6, 6.07) is 9.50. The average Bonchev–Trinajstić information content (AvgIpc) is 3.06. The quantitative estimate of drug-likeness (QED) is 0.764. The van der Waals surface area contributed by atoms with Gasteiger partial charge in [-0.15, -0.1) is 11.3 Å². The standard InChI is InChI=1S/C17H20N2O4S/c1-12(7-8-14-11-24-15(19-14)16(20)21)9-18-17(22)23-10-13-5-3-2-4-6-13/h2-6,11-12H,7-10H2,1H3,(H,18,22)(H,20,21). The van der Waals surface area contributed by atoms with E-state index in [1.165, 1.54) is 0 Å². The number of hydrogen-bond donors (Lipinski definition) is 2. The maximum absolute atomic E-state index is 11.7. The van der Waals surface area contributed by atoms with Crippen molar-refractivity contribution in [2.75, 3.05) is 6.54 Å². The zero-order valence-corrected chi connectivity index (χ0v) is 14.2. The first-order valence-corrected chi connectivity index (χ1v) is 8.55. The number of hydrogen-bond acceptors (Lipinski definition) is 5. The summed E-state index contributed by atoms with van der Waals surface area (Å²) in [6.07, 6.45) is 1.06. The average molecular weight is 348 g/mol. The Hall–Kier alpha value is -2.41. The first-order chi connectivity index (χ1) is 11.5. The Morgan fingerprint density at radius 3 is 2.75 bits per heavy atom. The number of carbonyl (C=O) groups excluding carboxylic acids is 1. The Kier molecular flexibility index (Phi) is 6.74. The lowest BCUT2D eigenvalue weighted by molar-refractivity contribution is 0.0696. The van der Waals surface area contributed by atoms with Gasteiger partial charge in [0.15, 0.2) is 0 Å². The fourth-order valence-corrected chi connectivity index (χ4v) is 2.74. The molecule has 1 unspecified atom stereocenters. The molecular weight excluding hydrogens is 328 g/mol. The van der Waals surface area contributed by atoms with Crippen molar-refractivity contribution in [2.45, 2.75) is 26.4 Å². The lowest BCUT2D eigenvalue weighted by Crippen LogP contribution is -2.29. The monoisotopic (exact) mass is 348 g/mol. The lowest BCUT2D eigenvalue weighted by atomic mass is 10.0. The summed E-state index contributed by atoms with van der Waals surface area (Å²) in [4.78, 5) is 26.5. The van der Waals surface area contributed by atoms with Crippen molar-refractivity contribution < 1.29 is 19.4 Å². The predicted molar refractivity (Wildman–Crippen MR) is 91.2 cm³/mol. The number of ether oxygens (including phenoxy) is 1. The van der Waals surface area contributed by atoms with E-state index in [1.54, 1.807) is 5.38 Å². The van der Waals surface area contributed by atoms with Gasteiger partial charge in [0.2, 0.25) is 5.01 Å². The minimum Gasteiger partial charge on any atom is -0.476 e. The molecule has 24 heavy (non-hydrogen) atoms. The van der Waals surface area contributed by atoms with E-state index >= 15 is 0 Å². The predicted octanol–water partition coefficient (Wildman–Crippen LogP) is 3.34. The Morgan fingerprint density at radius 2 is 2.08 bits per heavy atom. The van der Waals surface area contributed by atoms with Crippen molar-refractivity contribution in [3.8, 4) is 0 Å². The molecule has 0 saturated heterocycles. The summed E-state index contributed by atoms with van der Waals surface area (Å²) in [5.74, 6) is -0.758. The number of aryl methyl sites for hydroxylation is 1. The molecule has 1 aromatic carbocycles. The second-order valence-electron chi connectivity index (χ2n) is 5.54. The van der Waals surface area contributed by atoms with Crippen LogP contribution in [-0.4, -0.2) is 28.7 Å². The van der Waals surface area contributed by atoms with Gasteiger partial charge < -0.3 is 15.2 Å². The molecule has 2 aromatic rings. The molecular formula is C17H20N2O4S. The zero-order valence-electron chi connectivity index (χ0n) is 13.4. The number of alkyl carbamates (subject to hydrolysis) is 1.